The maximum Gasteiger partial charge on any atom is 0.360 e. The number of ether oxygens (including phenoxy) is 1. The fourth-order valence-electron chi connectivity index (χ4n) is 1.62. The second-order valence-corrected chi connectivity index (χ2v) is 4.25. The Hall–Kier alpha value is -2.45. The predicted molar refractivity (Wildman–Crippen MR) is 68.0 cm³/mol. The molecule has 0 aliphatic heterocycles. The molecule has 1 rings (SSSR count). The SMILES string of the molecule is CNC(=O)NC(=O)Cn1nnc(C(=O)OC)c1C(C)C. The van der Waals surface area contributed by atoms with E-state index in [1.54, 1.807) is 0 Å². The molecule has 0 radical (unpaired) electrons. The van der Waals surface area contributed by atoms with E-state index in [0.717, 1.165) is 0 Å². The number of aromatic nitrogens is 3. The standard InChI is InChI=1S/C11H17N5O4/c1-6(2)9-8(10(18)20-4)14-15-16(9)5-7(17)13-11(19)12-3/h6H,5H2,1-4H3,(H2,12,13,17,19). The van der Waals surface area contributed by atoms with Crippen LogP contribution in [-0.4, -0.2) is 47.1 Å². The van der Waals surface area contributed by atoms with E-state index >= 15 is 0 Å². The van der Waals surface area contributed by atoms with Gasteiger partial charge in [0.1, 0.15) is 6.54 Å². The lowest BCUT2D eigenvalue weighted by Crippen LogP contribution is -2.39. The minimum atomic E-state index is -0.619. The number of rotatable bonds is 4. The zero-order valence-electron chi connectivity index (χ0n) is 11.8. The first kappa shape index (κ1) is 15.6. The summed E-state index contributed by atoms with van der Waals surface area (Å²) in [5.74, 6) is -1.27. The number of hydrogen-bond acceptors (Lipinski definition) is 6. The highest BCUT2D eigenvalue weighted by Gasteiger charge is 2.23. The number of imide groups is 1. The predicted octanol–water partition coefficient (Wildman–Crippen LogP) is -0.356. The third kappa shape index (κ3) is 3.53. The molecular formula is C11H17N5O4. The summed E-state index contributed by atoms with van der Waals surface area (Å²) in [5, 5.41) is 11.8. The summed E-state index contributed by atoms with van der Waals surface area (Å²) in [6, 6.07) is -0.616. The normalized spacial score (nSPS) is 10.2. The number of nitrogens with zero attached hydrogens (tertiary/aromatic N) is 3. The van der Waals surface area contributed by atoms with Gasteiger partial charge in [-0.05, 0) is 5.92 Å². The van der Waals surface area contributed by atoms with Crippen LogP contribution in [0.4, 0.5) is 4.79 Å². The molecule has 3 amide bonds. The van der Waals surface area contributed by atoms with Crippen LogP contribution in [0.1, 0.15) is 35.9 Å². The van der Waals surface area contributed by atoms with Crippen LogP contribution in [-0.2, 0) is 16.1 Å². The van der Waals surface area contributed by atoms with E-state index in [0.29, 0.717) is 5.69 Å². The summed E-state index contributed by atoms with van der Waals surface area (Å²) < 4.78 is 5.88. The molecule has 0 unspecified atom stereocenters. The lowest BCUT2D eigenvalue weighted by atomic mass is 10.1. The molecule has 1 heterocycles. The van der Waals surface area contributed by atoms with Crippen molar-refractivity contribution < 1.29 is 19.1 Å². The fraction of sp³-hybridized carbons (Fsp3) is 0.545. The van der Waals surface area contributed by atoms with Gasteiger partial charge in [0.2, 0.25) is 5.91 Å². The van der Waals surface area contributed by atoms with Crippen LogP contribution in [0, 0.1) is 0 Å². The van der Waals surface area contributed by atoms with Gasteiger partial charge in [-0.25, -0.2) is 14.3 Å². The summed E-state index contributed by atoms with van der Waals surface area (Å²) in [6.45, 7) is 3.45. The Morgan fingerprint density at radius 3 is 2.50 bits per heavy atom. The highest BCUT2D eigenvalue weighted by molar-refractivity contribution is 5.94. The number of carbonyl (C=O) groups is 3. The number of carbonyl (C=O) groups excluding carboxylic acids is 3. The van der Waals surface area contributed by atoms with Gasteiger partial charge in [0.25, 0.3) is 0 Å². The first-order valence-corrected chi connectivity index (χ1v) is 5.94. The van der Waals surface area contributed by atoms with E-state index in [-0.39, 0.29) is 18.2 Å². The molecule has 0 spiro atoms. The van der Waals surface area contributed by atoms with Crippen molar-refractivity contribution >= 4 is 17.9 Å². The molecule has 0 atom stereocenters. The largest absolute Gasteiger partial charge is 0.464 e. The van der Waals surface area contributed by atoms with Gasteiger partial charge in [-0.1, -0.05) is 19.1 Å². The van der Waals surface area contributed by atoms with E-state index < -0.39 is 17.9 Å². The monoisotopic (exact) mass is 283 g/mol. The molecule has 2 N–H and O–H groups in total. The highest BCUT2D eigenvalue weighted by atomic mass is 16.5. The van der Waals surface area contributed by atoms with Crippen molar-refractivity contribution in [3.05, 3.63) is 11.4 Å². The molecule has 9 nitrogen and oxygen atoms in total. The maximum atomic E-state index is 11.6. The van der Waals surface area contributed by atoms with E-state index in [9.17, 15) is 14.4 Å². The smallest absolute Gasteiger partial charge is 0.360 e. The third-order valence-electron chi connectivity index (χ3n) is 2.47. The van der Waals surface area contributed by atoms with Gasteiger partial charge >= 0.3 is 12.0 Å². The van der Waals surface area contributed by atoms with Crippen molar-refractivity contribution in [3.63, 3.8) is 0 Å². The lowest BCUT2D eigenvalue weighted by Gasteiger charge is -2.10. The summed E-state index contributed by atoms with van der Waals surface area (Å²) >= 11 is 0. The lowest BCUT2D eigenvalue weighted by molar-refractivity contribution is -0.120. The van der Waals surface area contributed by atoms with Crippen molar-refractivity contribution in [2.45, 2.75) is 26.3 Å². The Kier molecular flexibility index (Phi) is 5.18. The first-order chi connectivity index (χ1) is 9.40. The fourth-order valence-corrected chi connectivity index (χ4v) is 1.62. The van der Waals surface area contributed by atoms with Gasteiger partial charge in [0, 0.05) is 7.05 Å². The summed E-state index contributed by atoms with van der Waals surface area (Å²) in [6.07, 6.45) is 0. The van der Waals surface area contributed by atoms with Crippen LogP contribution in [0.15, 0.2) is 0 Å². The topological polar surface area (TPSA) is 115 Å². The average molecular weight is 283 g/mol. The molecule has 1 aromatic heterocycles. The van der Waals surface area contributed by atoms with Crippen molar-refractivity contribution in [3.8, 4) is 0 Å². The van der Waals surface area contributed by atoms with Crippen LogP contribution in [0.3, 0.4) is 0 Å². The summed E-state index contributed by atoms with van der Waals surface area (Å²) in [4.78, 5) is 34.2. The van der Waals surface area contributed by atoms with Crippen molar-refractivity contribution in [2.24, 2.45) is 0 Å². The molecule has 0 aliphatic rings. The second-order valence-electron chi connectivity index (χ2n) is 4.25. The Morgan fingerprint density at radius 2 is 2.00 bits per heavy atom. The summed E-state index contributed by atoms with van der Waals surface area (Å²) in [5.41, 5.74) is 0.541. The van der Waals surface area contributed by atoms with Crippen LogP contribution in [0.5, 0.6) is 0 Å². The Morgan fingerprint density at radius 1 is 1.35 bits per heavy atom. The molecule has 0 bridgehead atoms. The molecule has 20 heavy (non-hydrogen) atoms. The van der Waals surface area contributed by atoms with Crippen molar-refractivity contribution in [1.82, 2.24) is 25.6 Å². The molecule has 0 fully saturated rings. The first-order valence-electron chi connectivity index (χ1n) is 5.94. The quantitative estimate of drug-likeness (QED) is 0.729. The van der Waals surface area contributed by atoms with Crippen LogP contribution < -0.4 is 10.6 Å². The molecule has 110 valence electrons. The van der Waals surface area contributed by atoms with Gasteiger partial charge in [-0.2, -0.15) is 0 Å². The molecule has 0 aromatic carbocycles. The van der Waals surface area contributed by atoms with Crippen molar-refractivity contribution in [2.75, 3.05) is 14.2 Å². The minimum absolute atomic E-state index is 0.0650. The van der Waals surface area contributed by atoms with Gasteiger partial charge in [0.05, 0.1) is 12.8 Å². The number of nitrogens with one attached hydrogen (secondary N) is 2. The Labute approximate surface area is 115 Å². The van der Waals surface area contributed by atoms with Gasteiger partial charge in [-0.3, -0.25) is 10.1 Å². The number of urea groups is 1. The molecule has 0 aliphatic carbocycles. The zero-order valence-corrected chi connectivity index (χ0v) is 11.8. The van der Waals surface area contributed by atoms with Crippen molar-refractivity contribution in [1.29, 1.82) is 0 Å². The van der Waals surface area contributed by atoms with E-state index in [1.807, 2.05) is 13.8 Å². The number of hydrogen-bond donors (Lipinski definition) is 2. The molecule has 9 heteroatoms. The van der Waals surface area contributed by atoms with E-state index in [1.165, 1.54) is 18.8 Å². The molecular weight excluding hydrogens is 266 g/mol. The summed E-state index contributed by atoms with van der Waals surface area (Å²) in [7, 11) is 2.64. The molecule has 0 saturated heterocycles. The van der Waals surface area contributed by atoms with Crippen LogP contribution in [0.2, 0.25) is 0 Å². The Bertz CT molecular complexity index is 523. The second kappa shape index (κ2) is 6.64. The average Bonchev–Trinajstić information content (AvgIpc) is 2.81. The highest BCUT2D eigenvalue weighted by Crippen LogP contribution is 2.18. The molecule has 1 aromatic rings. The van der Waals surface area contributed by atoms with Crippen LogP contribution >= 0.6 is 0 Å². The van der Waals surface area contributed by atoms with E-state index in [2.05, 4.69) is 25.7 Å². The zero-order chi connectivity index (χ0) is 15.3. The van der Waals surface area contributed by atoms with Crippen LogP contribution in [0.25, 0.3) is 0 Å². The maximum absolute atomic E-state index is 11.6. The molecule has 0 saturated carbocycles. The van der Waals surface area contributed by atoms with Gasteiger partial charge in [0.15, 0.2) is 5.69 Å². The number of amides is 3. The third-order valence-corrected chi connectivity index (χ3v) is 2.47. The Balaban J connectivity index is 2.96. The number of methoxy groups -OCH3 is 1. The minimum Gasteiger partial charge on any atom is -0.464 e. The van der Waals surface area contributed by atoms with E-state index in [4.69, 9.17) is 0 Å². The number of esters is 1. The van der Waals surface area contributed by atoms with Gasteiger partial charge in [-0.15, -0.1) is 5.10 Å². The van der Waals surface area contributed by atoms with Gasteiger partial charge < -0.3 is 10.1 Å².